The van der Waals surface area contributed by atoms with E-state index in [0.29, 0.717) is 31.4 Å². The number of likely N-dealkylation sites (tertiary alicyclic amines) is 1. The lowest BCUT2D eigenvalue weighted by molar-refractivity contribution is -0.132. The van der Waals surface area contributed by atoms with Crippen molar-refractivity contribution in [1.29, 1.82) is 0 Å². The van der Waals surface area contributed by atoms with Gasteiger partial charge in [0.05, 0.1) is 6.61 Å². The molecule has 0 atom stereocenters. The van der Waals surface area contributed by atoms with Crippen LogP contribution in [0, 0.1) is 11.7 Å². The SMILES string of the molecule is O=C(C=Cc1ccccc1)N1CC(COc2ccc(F)cc2)C1. The Kier molecular flexibility index (Phi) is 4.71. The third kappa shape index (κ3) is 4.19. The van der Waals surface area contributed by atoms with Gasteiger partial charge in [-0.1, -0.05) is 30.3 Å². The Balaban J connectivity index is 1.41. The average molecular weight is 311 g/mol. The van der Waals surface area contributed by atoms with Crippen molar-refractivity contribution in [3.8, 4) is 5.75 Å². The molecule has 1 saturated heterocycles. The van der Waals surface area contributed by atoms with Gasteiger partial charge in [0.1, 0.15) is 11.6 Å². The van der Waals surface area contributed by atoms with Gasteiger partial charge >= 0.3 is 0 Å². The number of ether oxygens (including phenoxy) is 1. The molecule has 2 aromatic carbocycles. The Bertz CT molecular complexity index is 676. The smallest absolute Gasteiger partial charge is 0.246 e. The summed E-state index contributed by atoms with van der Waals surface area (Å²) in [5.41, 5.74) is 1.01. The summed E-state index contributed by atoms with van der Waals surface area (Å²) in [6.07, 6.45) is 3.43. The van der Waals surface area contributed by atoms with Crippen LogP contribution in [0.2, 0.25) is 0 Å². The van der Waals surface area contributed by atoms with Crippen LogP contribution in [0.4, 0.5) is 4.39 Å². The van der Waals surface area contributed by atoms with Gasteiger partial charge in [0.15, 0.2) is 0 Å². The van der Waals surface area contributed by atoms with Gasteiger partial charge in [-0.25, -0.2) is 4.39 Å². The van der Waals surface area contributed by atoms with Crippen molar-refractivity contribution < 1.29 is 13.9 Å². The lowest BCUT2D eigenvalue weighted by atomic mass is 10.0. The predicted molar refractivity (Wildman–Crippen MR) is 87.4 cm³/mol. The van der Waals surface area contributed by atoms with E-state index in [2.05, 4.69) is 0 Å². The maximum Gasteiger partial charge on any atom is 0.246 e. The van der Waals surface area contributed by atoms with Crippen molar-refractivity contribution in [3.63, 3.8) is 0 Å². The Morgan fingerprint density at radius 2 is 1.83 bits per heavy atom. The second-order valence-corrected chi connectivity index (χ2v) is 5.62. The third-order valence-electron chi connectivity index (χ3n) is 3.79. The van der Waals surface area contributed by atoms with Crippen LogP contribution in [0.25, 0.3) is 6.08 Å². The molecule has 0 aliphatic carbocycles. The summed E-state index contributed by atoms with van der Waals surface area (Å²) >= 11 is 0. The van der Waals surface area contributed by atoms with Crippen LogP contribution in [-0.2, 0) is 4.79 Å². The monoisotopic (exact) mass is 311 g/mol. The summed E-state index contributed by atoms with van der Waals surface area (Å²) < 4.78 is 18.4. The number of halogens is 1. The van der Waals surface area contributed by atoms with Crippen molar-refractivity contribution >= 4 is 12.0 Å². The van der Waals surface area contributed by atoms with Gasteiger partial charge < -0.3 is 9.64 Å². The van der Waals surface area contributed by atoms with Crippen molar-refractivity contribution in [2.75, 3.05) is 19.7 Å². The molecule has 1 fully saturated rings. The van der Waals surface area contributed by atoms with E-state index in [-0.39, 0.29) is 11.7 Å². The van der Waals surface area contributed by atoms with Gasteiger partial charge in [-0.15, -0.1) is 0 Å². The minimum Gasteiger partial charge on any atom is -0.493 e. The van der Waals surface area contributed by atoms with Crippen molar-refractivity contribution in [3.05, 3.63) is 72.1 Å². The van der Waals surface area contributed by atoms with Crippen LogP contribution >= 0.6 is 0 Å². The van der Waals surface area contributed by atoms with Crippen molar-refractivity contribution in [2.45, 2.75) is 0 Å². The lowest BCUT2D eigenvalue weighted by Gasteiger charge is -2.38. The van der Waals surface area contributed by atoms with Crippen LogP contribution in [0.3, 0.4) is 0 Å². The molecule has 0 radical (unpaired) electrons. The number of rotatable bonds is 5. The number of carbonyl (C=O) groups excluding carboxylic acids is 1. The van der Waals surface area contributed by atoms with Gasteiger partial charge in [0, 0.05) is 25.1 Å². The molecule has 2 aromatic rings. The van der Waals surface area contributed by atoms with Gasteiger partial charge in [0.2, 0.25) is 5.91 Å². The van der Waals surface area contributed by atoms with E-state index in [1.165, 1.54) is 12.1 Å². The summed E-state index contributed by atoms with van der Waals surface area (Å²) in [6, 6.07) is 15.7. The minimum atomic E-state index is -0.275. The maximum atomic E-state index is 12.8. The first-order valence-corrected chi connectivity index (χ1v) is 7.61. The predicted octanol–water partition coefficient (Wildman–Crippen LogP) is 3.38. The zero-order chi connectivity index (χ0) is 16.1. The van der Waals surface area contributed by atoms with E-state index in [0.717, 1.165) is 5.56 Å². The topological polar surface area (TPSA) is 29.5 Å². The first kappa shape index (κ1) is 15.3. The number of nitrogens with zero attached hydrogens (tertiary/aromatic N) is 1. The fourth-order valence-electron chi connectivity index (χ4n) is 2.44. The van der Waals surface area contributed by atoms with Crippen LogP contribution in [0.1, 0.15) is 5.56 Å². The molecule has 1 heterocycles. The zero-order valence-corrected chi connectivity index (χ0v) is 12.7. The quantitative estimate of drug-likeness (QED) is 0.792. The molecule has 0 bridgehead atoms. The highest BCUT2D eigenvalue weighted by Gasteiger charge is 2.29. The average Bonchev–Trinajstić information content (AvgIpc) is 2.54. The molecule has 0 saturated carbocycles. The van der Waals surface area contributed by atoms with E-state index in [1.54, 1.807) is 23.1 Å². The fourth-order valence-corrected chi connectivity index (χ4v) is 2.44. The first-order chi connectivity index (χ1) is 11.2. The van der Waals surface area contributed by atoms with E-state index in [9.17, 15) is 9.18 Å². The third-order valence-corrected chi connectivity index (χ3v) is 3.79. The summed E-state index contributed by atoms with van der Waals surface area (Å²) in [7, 11) is 0. The minimum absolute atomic E-state index is 0.0203. The van der Waals surface area contributed by atoms with Crippen molar-refractivity contribution in [1.82, 2.24) is 4.90 Å². The first-order valence-electron chi connectivity index (χ1n) is 7.61. The molecular weight excluding hydrogens is 293 g/mol. The van der Waals surface area contributed by atoms with Gasteiger partial charge in [0.25, 0.3) is 0 Å². The molecule has 3 rings (SSSR count). The molecule has 0 N–H and O–H groups in total. The van der Waals surface area contributed by atoms with Crippen LogP contribution < -0.4 is 4.74 Å². The Labute approximate surface area is 135 Å². The zero-order valence-electron chi connectivity index (χ0n) is 12.7. The summed E-state index contributed by atoms with van der Waals surface area (Å²) in [4.78, 5) is 13.8. The standard InChI is InChI=1S/C19H18FNO2/c20-17-7-9-18(10-8-17)23-14-16-12-21(13-16)19(22)11-6-15-4-2-1-3-5-15/h1-11,16H,12-14H2. The molecule has 118 valence electrons. The van der Waals surface area contributed by atoms with E-state index < -0.39 is 0 Å². The number of carbonyl (C=O) groups is 1. The van der Waals surface area contributed by atoms with E-state index in [1.807, 2.05) is 36.4 Å². The normalized spacial score (nSPS) is 14.7. The number of hydrogen-bond donors (Lipinski definition) is 0. The second-order valence-electron chi connectivity index (χ2n) is 5.62. The molecular formula is C19H18FNO2. The van der Waals surface area contributed by atoms with E-state index in [4.69, 9.17) is 4.74 Å². The molecule has 23 heavy (non-hydrogen) atoms. The second kappa shape index (κ2) is 7.09. The Hall–Kier alpha value is -2.62. The molecule has 4 heteroatoms. The summed E-state index contributed by atoms with van der Waals surface area (Å²) in [5, 5.41) is 0. The molecule has 1 amide bonds. The van der Waals surface area contributed by atoms with Gasteiger partial charge in [-0.3, -0.25) is 4.79 Å². The number of hydrogen-bond acceptors (Lipinski definition) is 2. The van der Waals surface area contributed by atoms with Crippen LogP contribution in [0.15, 0.2) is 60.7 Å². The molecule has 1 aliphatic rings. The molecule has 0 spiro atoms. The highest BCUT2D eigenvalue weighted by Crippen LogP contribution is 2.19. The summed E-state index contributed by atoms with van der Waals surface area (Å²) in [6.45, 7) is 1.93. The van der Waals surface area contributed by atoms with Gasteiger partial charge in [-0.05, 0) is 35.9 Å². The van der Waals surface area contributed by atoms with Crippen molar-refractivity contribution in [2.24, 2.45) is 5.92 Å². The van der Waals surface area contributed by atoms with Gasteiger partial charge in [-0.2, -0.15) is 0 Å². The highest BCUT2D eigenvalue weighted by atomic mass is 19.1. The van der Waals surface area contributed by atoms with Crippen LogP contribution in [-0.4, -0.2) is 30.5 Å². The maximum absolute atomic E-state index is 12.8. The number of benzene rings is 2. The number of amides is 1. The summed E-state index contributed by atoms with van der Waals surface area (Å²) in [5.74, 6) is 0.726. The van der Waals surface area contributed by atoms with E-state index >= 15 is 0 Å². The molecule has 1 aliphatic heterocycles. The highest BCUT2D eigenvalue weighted by molar-refractivity contribution is 5.92. The Morgan fingerprint density at radius 1 is 1.13 bits per heavy atom. The molecule has 0 unspecified atom stereocenters. The largest absolute Gasteiger partial charge is 0.493 e. The van der Waals surface area contributed by atoms with Crippen LogP contribution in [0.5, 0.6) is 5.75 Å². The fraction of sp³-hybridized carbons (Fsp3) is 0.211. The molecule has 0 aromatic heterocycles. The lowest BCUT2D eigenvalue weighted by Crippen LogP contribution is -2.51. The molecule has 3 nitrogen and oxygen atoms in total. The Morgan fingerprint density at radius 3 is 2.52 bits per heavy atom.